The average molecular weight is 477 g/mol. The summed E-state index contributed by atoms with van der Waals surface area (Å²) < 4.78 is 24.1. The summed E-state index contributed by atoms with van der Waals surface area (Å²) in [6.07, 6.45) is 0.221. The minimum absolute atomic E-state index is 0.221. The second kappa shape index (κ2) is 10.8. The third-order valence-electron chi connectivity index (χ3n) is 5.58. The number of nitrogens with one attached hydrogen (secondary N) is 2. The number of carbonyl (C=O) groups excluding carboxylic acids is 2. The van der Waals surface area contributed by atoms with Crippen LogP contribution >= 0.6 is 11.6 Å². The third kappa shape index (κ3) is 6.56. The molecule has 10 heteroatoms. The van der Waals surface area contributed by atoms with E-state index in [0.717, 1.165) is 31.7 Å². The lowest BCUT2D eigenvalue weighted by Gasteiger charge is -2.34. The van der Waals surface area contributed by atoms with Gasteiger partial charge in [-0.05, 0) is 29.8 Å². The number of imide groups is 1. The molecule has 3 amide bonds. The molecule has 0 bridgehead atoms. The minimum Gasteiger partial charge on any atom is -0.486 e. The number of halogens is 2. The van der Waals surface area contributed by atoms with Crippen molar-refractivity contribution in [1.82, 2.24) is 15.1 Å². The van der Waals surface area contributed by atoms with E-state index in [0.29, 0.717) is 48.5 Å². The SMILES string of the molecule is O=C(CCN1CCN(Cc2ccc(F)cc2Cl)CC1)NC(=O)Nc1ccc2c(c1)OCCO2. The van der Waals surface area contributed by atoms with Crippen LogP contribution in [-0.4, -0.2) is 67.7 Å². The Kier molecular flexibility index (Phi) is 7.64. The van der Waals surface area contributed by atoms with Crippen molar-refractivity contribution in [3.8, 4) is 11.5 Å². The molecule has 0 radical (unpaired) electrons. The van der Waals surface area contributed by atoms with Crippen molar-refractivity contribution in [2.24, 2.45) is 0 Å². The normalized spacial score (nSPS) is 16.3. The van der Waals surface area contributed by atoms with Crippen LogP contribution in [0.5, 0.6) is 11.5 Å². The van der Waals surface area contributed by atoms with E-state index >= 15 is 0 Å². The Morgan fingerprint density at radius 1 is 0.970 bits per heavy atom. The zero-order chi connectivity index (χ0) is 23.2. The highest BCUT2D eigenvalue weighted by molar-refractivity contribution is 6.31. The molecule has 2 aromatic carbocycles. The second-order valence-electron chi connectivity index (χ2n) is 7.96. The Morgan fingerprint density at radius 3 is 2.45 bits per heavy atom. The molecule has 2 N–H and O–H groups in total. The summed E-state index contributed by atoms with van der Waals surface area (Å²) in [6.45, 7) is 5.41. The van der Waals surface area contributed by atoms with E-state index in [-0.39, 0.29) is 18.1 Å². The Balaban J connectivity index is 1.15. The topological polar surface area (TPSA) is 83.1 Å². The maximum atomic E-state index is 13.2. The molecule has 0 aliphatic carbocycles. The fourth-order valence-electron chi connectivity index (χ4n) is 3.79. The first-order chi connectivity index (χ1) is 16.0. The molecule has 0 unspecified atom stereocenters. The van der Waals surface area contributed by atoms with Gasteiger partial charge in [0.15, 0.2) is 11.5 Å². The van der Waals surface area contributed by atoms with Crippen molar-refractivity contribution in [2.45, 2.75) is 13.0 Å². The summed E-state index contributed by atoms with van der Waals surface area (Å²) in [5.74, 6) is 0.507. The lowest BCUT2D eigenvalue weighted by molar-refractivity contribution is -0.120. The van der Waals surface area contributed by atoms with Gasteiger partial charge in [-0.3, -0.25) is 15.0 Å². The third-order valence-corrected chi connectivity index (χ3v) is 5.93. The van der Waals surface area contributed by atoms with E-state index in [1.165, 1.54) is 12.1 Å². The molecule has 33 heavy (non-hydrogen) atoms. The highest BCUT2D eigenvalue weighted by Crippen LogP contribution is 2.32. The number of benzene rings is 2. The summed E-state index contributed by atoms with van der Waals surface area (Å²) >= 11 is 6.12. The molecule has 0 aromatic heterocycles. The van der Waals surface area contributed by atoms with Crippen molar-refractivity contribution in [3.63, 3.8) is 0 Å². The highest BCUT2D eigenvalue weighted by Gasteiger charge is 2.19. The number of hydrogen-bond donors (Lipinski definition) is 2. The number of fused-ring (bicyclic) bond motifs is 1. The molecular formula is C23H26ClFN4O4. The summed E-state index contributed by atoms with van der Waals surface area (Å²) in [4.78, 5) is 28.8. The second-order valence-corrected chi connectivity index (χ2v) is 8.37. The van der Waals surface area contributed by atoms with Gasteiger partial charge in [0, 0.05) is 62.5 Å². The van der Waals surface area contributed by atoms with Gasteiger partial charge in [0.05, 0.1) is 0 Å². The quantitative estimate of drug-likeness (QED) is 0.666. The van der Waals surface area contributed by atoms with Crippen LogP contribution in [0.25, 0.3) is 0 Å². The minimum atomic E-state index is -0.585. The van der Waals surface area contributed by atoms with Gasteiger partial charge in [-0.2, -0.15) is 0 Å². The van der Waals surface area contributed by atoms with Crippen molar-refractivity contribution in [2.75, 3.05) is 51.3 Å². The van der Waals surface area contributed by atoms with Crippen LogP contribution in [0, 0.1) is 5.82 Å². The molecule has 2 aromatic rings. The maximum absolute atomic E-state index is 13.2. The molecule has 1 fully saturated rings. The highest BCUT2D eigenvalue weighted by atomic mass is 35.5. The first-order valence-electron chi connectivity index (χ1n) is 10.9. The van der Waals surface area contributed by atoms with E-state index in [9.17, 15) is 14.0 Å². The monoisotopic (exact) mass is 476 g/mol. The number of ether oxygens (including phenoxy) is 2. The number of urea groups is 1. The van der Waals surface area contributed by atoms with Crippen LogP contribution in [0.2, 0.25) is 5.02 Å². The van der Waals surface area contributed by atoms with Gasteiger partial charge in [0.25, 0.3) is 0 Å². The standard InChI is InChI=1S/C23H26ClFN4O4/c24-19-13-17(25)2-1-16(19)15-29-9-7-28(8-10-29)6-5-22(30)27-23(31)26-18-3-4-20-21(14-18)33-12-11-32-20/h1-4,13-14H,5-12,15H2,(H2,26,27,30,31). The number of anilines is 1. The van der Waals surface area contributed by atoms with Crippen molar-refractivity contribution >= 4 is 29.2 Å². The zero-order valence-electron chi connectivity index (χ0n) is 18.1. The van der Waals surface area contributed by atoms with E-state index < -0.39 is 6.03 Å². The molecular weight excluding hydrogens is 451 g/mol. The Labute approximate surface area is 196 Å². The molecule has 4 rings (SSSR count). The van der Waals surface area contributed by atoms with E-state index in [4.69, 9.17) is 21.1 Å². The fraction of sp³-hybridized carbons (Fsp3) is 0.391. The summed E-state index contributed by atoms with van der Waals surface area (Å²) in [5.41, 5.74) is 1.41. The van der Waals surface area contributed by atoms with Crippen LogP contribution < -0.4 is 20.1 Å². The van der Waals surface area contributed by atoms with Gasteiger partial charge in [-0.15, -0.1) is 0 Å². The molecule has 176 valence electrons. The van der Waals surface area contributed by atoms with E-state index in [1.54, 1.807) is 24.3 Å². The molecule has 1 saturated heterocycles. The first kappa shape index (κ1) is 23.3. The van der Waals surface area contributed by atoms with Crippen LogP contribution in [-0.2, 0) is 11.3 Å². The molecule has 8 nitrogen and oxygen atoms in total. The molecule has 2 aliphatic rings. The lowest BCUT2D eigenvalue weighted by Crippen LogP contribution is -2.47. The number of rotatable bonds is 6. The Bertz CT molecular complexity index is 1010. The van der Waals surface area contributed by atoms with Crippen LogP contribution in [0.3, 0.4) is 0 Å². The molecule has 2 aliphatic heterocycles. The molecule has 0 atom stereocenters. The number of piperazine rings is 1. The predicted octanol–water partition coefficient (Wildman–Crippen LogP) is 3.11. The van der Waals surface area contributed by atoms with Gasteiger partial charge in [-0.1, -0.05) is 17.7 Å². The van der Waals surface area contributed by atoms with Gasteiger partial charge in [0.1, 0.15) is 19.0 Å². The Hall–Kier alpha value is -2.88. The van der Waals surface area contributed by atoms with Crippen LogP contribution in [0.1, 0.15) is 12.0 Å². The van der Waals surface area contributed by atoms with E-state index in [2.05, 4.69) is 20.4 Å². The smallest absolute Gasteiger partial charge is 0.325 e. The van der Waals surface area contributed by atoms with E-state index in [1.807, 2.05) is 0 Å². The van der Waals surface area contributed by atoms with Crippen LogP contribution in [0.4, 0.5) is 14.9 Å². The largest absolute Gasteiger partial charge is 0.486 e. The molecule has 2 heterocycles. The number of carbonyl (C=O) groups is 2. The van der Waals surface area contributed by atoms with Gasteiger partial charge in [-0.25, -0.2) is 9.18 Å². The van der Waals surface area contributed by atoms with Gasteiger partial charge < -0.3 is 19.7 Å². The van der Waals surface area contributed by atoms with Gasteiger partial charge >= 0.3 is 6.03 Å². The summed E-state index contributed by atoms with van der Waals surface area (Å²) in [7, 11) is 0. The lowest BCUT2D eigenvalue weighted by atomic mass is 10.2. The maximum Gasteiger partial charge on any atom is 0.325 e. The number of hydrogen-bond acceptors (Lipinski definition) is 6. The van der Waals surface area contributed by atoms with Crippen molar-refractivity contribution in [3.05, 3.63) is 52.8 Å². The van der Waals surface area contributed by atoms with Crippen LogP contribution in [0.15, 0.2) is 36.4 Å². The fourth-order valence-corrected chi connectivity index (χ4v) is 4.02. The predicted molar refractivity (Wildman–Crippen MR) is 122 cm³/mol. The Morgan fingerprint density at radius 2 is 1.70 bits per heavy atom. The molecule has 0 spiro atoms. The van der Waals surface area contributed by atoms with Gasteiger partial charge in [0.2, 0.25) is 5.91 Å². The average Bonchev–Trinajstić information content (AvgIpc) is 2.80. The zero-order valence-corrected chi connectivity index (χ0v) is 18.9. The first-order valence-corrected chi connectivity index (χ1v) is 11.2. The number of amides is 3. The summed E-state index contributed by atoms with van der Waals surface area (Å²) in [6, 6.07) is 8.95. The molecule has 0 saturated carbocycles. The van der Waals surface area contributed by atoms with Crippen molar-refractivity contribution < 1.29 is 23.5 Å². The van der Waals surface area contributed by atoms with Crippen molar-refractivity contribution in [1.29, 1.82) is 0 Å². The number of nitrogens with zero attached hydrogens (tertiary/aromatic N) is 2. The summed E-state index contributed by atoms with van der Waals surface area (Å²) in [5, 5.41) is 5.43.